The number of anilines is 1. The average Bonchev–Trinajstić information content (AvgIpc) is 3.50. The predicted octanol–water partition coefficient (Wildman–Crippen LogP) is 2.87. The van der Waals surface area contributed by atoms with Crippen molar-refractivity contribution in [2.75, 3.05) is 32.1 Å². The summed E-state index contributed by atoms with van der Waals surface area (Å²) in [4.78, 5) is 33.2. The molecule has 180 valence electrons. The minimum atomic E-state index is -0.423. The zero-order chi connectivity index (χ0) is 23.9. The van der Waals surface area contributed by atoms with Gasteiger partial charge in [0.25, 0.3) is 5.91 Å². The number of nitrogens with zero attached hydrogens (tertiary/aromatic N) is 4. The monoisotopic (exact) mass is 484 g/mol. The summed E-state index contributed by atoms with van der Waals surface area (Å²) < 4.78 is 12.2. The molecule has 0 atom stereocenters. The van der Waals surface area contributed by atoms with E-state index in [9.17, 15) is 9.59 Å². The topological polar surface area (TPSA) is 134 Å². The van der Waals surface area contributed by atoms with Crippen LogP contribution in [0.5, 0.6) is 0 Å². The molecule has 3 N–H and O–H groups in total. The molecular formula is C23H28N6O4S. The maximum atomic E-state index is 12.6. The van der Waals surface area contributed by atoms with E-state index in [0.29, 0.717) is 50.6 Å². The molecule has 0 saturated carbocycles. The highest BCUT2D eigenvalue weighted by molar-refractivity contribution is 7.13. The third-order valence-electron chi connectivity index (χ3n) is 5.49. The van der Waals surface area contributed by atoms with Gasteiger partial charge in [0.15, 0.2) is 11.4 Å². The molecule has 1 saturated heterocycles. The van der Waals surface area contributed by atoms with Crippen molar-refractivity contribution in [3.63, 3.8) is 0 Å². The van der Waals surface area contributed by atoms with Crippen LogP contribution in [0.3, 0.4) is 0 Å². The number of ether oxygens (including phenoxy) is 2. The lowest BCUT2D eigenvalue weighted by Crippen LogP contribution is -2.26. The molecule has 10 nitrogen and oxygen atoms in total. The van der Waals surface area contributed by atoms with E-state index in [-0.39, 0.29) is 17.6 Å². The Morgan fingerprint density at radius 3 is 2.97 bits per heavy atom. The number of pyridine rings is 1. The maximum absolute atomic E-state index is 12.6. The summed E-state index contributed by atoms with van der Waals surface area (Å²) in [6.45, 7) is 3.93. The fourth-order valence-corrected chi connectivity index (χ4v) is 4.51. The van der Waals surface area contributed by atoms with E-state index < -0.39 is 5.97 Å². The van der Waals surface area contributed by atoms with Gasteiger partial charge in [-0.05, 0) is 44.7 Å². The zero-order valence-corrected chi connectivity index (χ0v) is 19.8. The summed E-state index contributed by atoms with van der Waals surface area (Å²) in [6.07, 6.45) is 6.55. The van der Waals surface area contributed by atoms with Crippen molar-refractivity contribution in [3.8, 4) is 10.6 Å². The molecule has 0 unspecified atom stereocenters. The van der Waals surface area contributed by atoms with E-state index in [1.165, 1.54) is 11.3 Å². The van der Waals surface area contributed by atoms with Gasteiger partial charge in [-0.15, -0.1) is 11.3 Å². The van der Waals surface area contributed by atoms with Crippen molar-refractivity contribution in [1.82, 2.24) is 25.1 Å². The van der Waals surface area contributed by atoms with Crippen LogP contribution in [-0.4, -0.2) is 58.0 Å². The Balaban J connectivity index is 1.28. The zero-order valence-electron chi connectivity index (χ0n) is 19.0. The van der Waals surface area contributed by atoms with Crippen LogP contribution in [0.1, 0.15) is 58.9 Å². The number of aryl methyl sites for hydroxylation is 1. The van der Waals surface area contributed by atoms with Crippen LogP contribution in [-0.2, 0) is 15.9 Å². The predicted molar refractivity (Wildman–Crippen MR) is 128 cm³/mol. The Morgan fingerprint density at radius 2 is 2.18 bits per heavy atom. The van der Waals surface area contributed by atoms with Crippen LogP contribution in [0.2, 0.25) is 0 Å². The minimum absolute atomic E-state index is 0.210. The second-order valence-corrected chi connectivity index (χ2v) is 8.77. The maximum Gasteiger partial charge on any atom is 0.357 e. The Bertz CT molecular complexity index is 1140. The van der Waals surface area contributed by atoms with Gasteiger partial charge in [-0.1, -0.05) is 0 Å². The third-order valence-corrected chi connectivity index (χ3v) is 6.38. The van der Waals surface area contributed by atoms with Crippen molar-refractivity contribution in [2.24, 2.45) is 0 Å². The molecule has 0 aromatic carbocycles. The number of aromatic nitrogens is 4. The smallest absolute Gasteiger partial charge is 0.357 e. The van der Waals surface area contributed by atoms with E-state index >= 15 is 0 Å². The van der Waals surface area contributed by atoms with E-state index in [4.69, 9.17) is 15.2 Å². The van der Waals surface area contributed by atoms with Gasteiger partial charge in [-0.25, -0.2) is 9.78 Å². The van der Waals surface area contributed by atoms with E-state index in [1.54, 1.807) is 29.4 Å². The first kappa shape index (κ1) is 23.8. The lowest BCUT2D eigenvalue weighted by Gasteiger charge is -2.22. The number of thiazole rings is 1. The van der Waals surface area contributed by atoms with Crippen LogP contribution in [0.25, 0.3) is 10.6 Å². The number of amides is 1. The van der Waals surface area contributed by atoms with E-state index in [0.717, 1.165) is 29.1 Å². The highest BCUT2D eigenvalue weighted by atomic mass is 32.1. The number of hydrogen-bond donors (Lipinski definition) is 2. The molecule has 34 heavy (non-hydrogen) atoms. The fraction of sp³-hybridized carbons (Fsp3) is 0.435. The Kier molecular flexibility index (Phi) is 7.86. The van der Waals surface area contributed by atoms with Crippen molar-refractivity contribution >= 4 is 28.9 Å². The van der Waals surface area contributed by atoms with Crippen LogP contribution in [0.4, 0.5) is 5.69 Å². The fourth-order valence-electron chi connectivity index (χ4n) is 3.73. The number of esters is 1. The molecule has 3 aromatic heterocycles. The SMILES string of the molecule is CCOC(=O)c1csc(-c2ccnc(CCCNC(=O)c3nn(C4CCOCC4)cc3N)c2)n1. The van der Waals surface area contributed by atoms with E-state index in [1.807, 2.05) is 12.1 Å². The van der Waals surface area contributed by atoms with Gasteiger partial charge in [0, 0.05) is 48.8 Å². The van der Waals surface area contributed by atoms with Crippen molar-refractivity contribution in [2.45, 2.75) is 38.6 Å². The molecule has 0 bridgehead atoms. The lowest BCUT2D eigenvalue weighted by atomic mass is 10.1. The molecule has 1 fully saturated rings. The molecule has 1 aliphatic rings. The summed E-state index contributed by atoms with van der Waals surface area (Å²) in [5.74, 6) is -0.701. The van der Waals surface area contributed by atoms with Crippen molar-refractivity contribution in [3.05, 3.63) is 47.0 Å². The first-order valence-corrected chi connectivity index (χ1v) is 12.2. The summed E-state index contributed by atoms with van der Waals surface area (Å²) in [7, 11) is 0. The van der Waals surface area contributed by atoms with Gasteiger partial charge in [0.2, 0.25) is 0 Å². The number of nitrogen functional groups attached to an aromatic ring is 1. The number of carbonyl (C=O) groups excluding carboxylic acids is 2. The molecule has 3 aromatic rings. The average molecular weight is 485 g/mol. The van der Waals surface area contributed by atoms with Gasteiger partial charge in [0.1, 0.15) is 5.01 Å². The van der Waals surface area contributed by atoms with Crippen LogP contribution in [0, 0.1) is 0 Å². The highest BCUT2D eigenvalue weighted by Crippen LogP contribution is 2.25. The molecule has 0 aliphatic carbocycles. The quantitative estimate of drug-likeness (QED) is 0.350. The lowest BCUT2D eigenvalue weighted by molar-refractivity contribution is 0.0520. The second kappa shape index (κ2) is 11.2. The Morgan fingerprint density at radius 1 is 1.35 bits per heavy atom. The highest BCUT2D eigenvalue weighted by Gasteiger charge is 2.21. The standard InChI is InChI=1S/C23H28N6O4S/c1-2-33-23(31)19-14-34-22(27-19)15-5-9-25-16(12-15)4-3-8-26-21(30)20-18(24)13-29(28-20)17-6-10-32-11-7-17/h5,9,12-14,17H,2-4,6-8,10-11,24H2,1H3,(H,26,30). The summed E-state index contributed by atoms with van der Waals surface area (Å²) in [6, 6.07) is 4.02. The van der Waals surface area contributed by atoms with Gasteiger partial charge >= 0.3 is 5.97 Å². The van der Waals surface area contributed by atoms with Crippen molar-refractivity contribution < 1.29 is 19.1 Å². The van der Waals surface area contributed by atoms with Crippen LogP contribution < -0.4 is 11.1 Å². The molecule has 1 aliphatic heterocycles. The summed E-state index contributed by atoms with van der Waals surface area (Å²) in [5.41, 5.74) is 8.74. The van der Waals surface area contributed by atoms with Gasteiger partial charge in [-0.3, -0.25) is 14.5 Å². The number of nitrogens with two attached hydrogens (primary N) is 1. The van der Waals surface area contributed by atoms with Gasteiger partial charge in [0.05, 0.1) is 18.3 Å². The first-order valence-electron chi connectivity index (χ1n) is 11.3. The molecule has 4 heterocycles. The minimum Gasteiger partial charge on any atom is -0.461 e. The number of carbonyl (C=O) groups is 2. The normalized spacial score (nSPS) is 14.1. The molecule has 1 amide bonds. The molecule has 4 rings (SSSR count). The number of rotatable bonds is 9. The molecule has 11 heteroatoms. The Hall–Kier alpha value is -3.31. The second-order valence-electron chi connectivity index (χ2n) is 7.91. The number of nitrogens with one attached hydrogen (secondary N) is 1. The molecular weight excluding hydrogens is 456 g/mol. The molecule has 0 radical (unpaired) electrons. The Labute approximate surface area is 201 Å². The number of hydrogen-bond acceptors (Lipinski definition) is 9. The third kappa shape index (κ3) is 5.78. The van der Waals surface area contributed by atoms with Gasteiger partial charge in [-0.2, -0.15) is 5.10 Å². The summed E-state index contributed by atoms with van der Waals surface area (Å²) in [5, 5.41) is 9.73. The van der Waals surface area contributed by atoms with Crippen LogP contribution >= 0.6 is 11.3 Å². The van der Waals surface area contributed by atoms with E-state index in [2.05, 4.69) is 20.4 Å². The van der Waals surface area contributed by atoms with Crippen LogP contribution in [0.15, 0.2) is 29.9 Å². The van der Waals surface area contributed by atoms with Crippen molar-refractivity contribution in [1.29, 1.82) is 0 Å². The molecule has 0 spiro atoms. The van der Waals surface area contributed by atoms with Gasteiger partial charge < -0.3 is 20.5 Å². The first-order chi connectivity index (χ1) is 16.5. The largest absolute Gasteiger partial charge is 0.461 e. The summed E-state index contributed by atoms with van der Waals surface area (Å²) >= 11 is 1.38.